The van der Waals surface area contributed by atoms with Gasteiger partial charge in [0.05, 0.1) is 5.69 Å². The molecule has 0 amide bonds. The van der Waals surface area contributed by atoms with E-state index in [1.54, 1.807) is 0 Å². The molecule has 0 radical (unpaired) electrons. The maximum Gasteiger partial charge on any atom is 0.235 e. The Bertz CT molecular complexity index is 243. The van der Waals surface area contributed by atoms with Crippen LogP contribution in [0.5, 0.6) is 0 Å². The fraction of sp³-hybridized carbons (Fsp3) is 0. The van der Waals surface area contributed by atoms with Crippen molar-refractivity contribution in [2.24, 2.45) is 0 Å². The second-order valence-electron chi connectivity index (χ2n) is 1.59. The Morgan fingerprint density at radius 1 is 1.70 bits per heavy atom. The van der Waals surface area contributed by atoms with Crippen LogP contribution in [0.3, 0.4) is 0 Å². The molecule has 0 saturated carbocycles. The minimum absolute atomic E-state index is 0.158. The van der Waals surface area contributed by atoms with E-state index in [2.05, 4.69) is 20.9 Å². The van der Waals surface area contributed by atoms with E-state index in [-0.39, 0.29) is 5.69 Å². The molecule has 1 rings (SSSR count). The molecule has 5 heteroatoms. The van der Waals surface area contributed by atoms with E-state index in [1.807, 2.05) is 0 Å². The van der Waals surface area contributed by atoms with E-state index in [4.69, 9.17) is 0 Å². The first-order valence-electron chi connectivity index (χ1n) is 2.43. The zero-order chi connectivity index (χ0) is 7.56. The largest absolute Gasteiger partial charge is 0.761 e. The van der Waals surface area contributed by atoms with Gasteiger partial charge >= 0.3 is 0 Å². The Balaban J connectivity index is 3.09. The molecule has 0 aliphatic rings. The van der Waals surface area contributed by atoms with Crippen molar-refractivity contribution >= 4 is 21.6 Å². The van der Waals surface area contributed by atoms with Gasteiger partial charge in [-0.25, -0.2) is 4.98 Å². The van der Waals surface area contributed by atoms with Crippen molar-refractivity contribution in [3.8, 4) is 0 Å². The lowest BCUT2D eigenvalue weighted by Gasteiger charge is -2.08. The Morgan fingerprint density at radius 3 is 2.90 bits per heavy atom. The molecule has 3 nitrogen and oxygen atoms in total. The summed E-state index contributed by atoms with van der Waals surface area (Å²) in [6, 6.07) is 1.31. The van der Waals surface area contributed by atoms with Gasteiger partial charge in [0.2, 0.25) is 5.95 Å². The molecule has 0 unspecified atom stereocenters. The molecule has 1 N–H and O–H groups in total. The lowest BCUT2D eigenvalue weighted by Crippen LogP contribution is -1.92. The number of halogens is 2. The van der Waals surface area contributed by atoms with Gasteiger partial charge in [0, 0.05) is 10.7 Å². The van der Waals surface area contributed by atoms with Gasteiger partial charge in [-0.15, -0.1) is 0 Å². The number of anilines is 1. The Kier molecular flexibility index (Phi) is 2.18. The lowest BCUT2D eigenvalue weighted by atomic mass is 10.4. The third-order valence-electron chi connectivity index (χ3n) is 0.916. The van der Waals surface area contributed by atoms with Crippen LogP contribution in [-0.2, 0) is 0 Å². The molecule has 0 fully saturated rings. The number of nitrogens with one attached hydrogen (secondary N) is 1. The predicted octanol–water partition coefficient (Wildman–Crippen LogP) is 1.89. The molecule has 1 heterocycles. The Morgan fingerprint density at radius 2 is 2.40 bits per heavy atom. The predicted molar refractivity (Wildman–Crippen MR) is 38.9 cm³/mol. The van der Waals surface area contributed by atoms with E-state index in [0.29, 0.717) is 4.47 Å². The zero-order valence-electron chi connectivity index (χ0n) is 4.77. The molecule has 0 bridgehead atoms. The molecular formula is C5H3BrFN2O-. The quantitative estimate of drug-likeness (QED) is 0.563. The molecule has 0 atom stereocenters. The minimum Gasteiger partial charge on any atom is -0.761 e. The number of nitrogens with zero attached hydrogens (tertiary/aromatic N) is 1. The SMILES string of the molecule is [O-]Nc1cc(Br)cnc1F. The van der Waals surface area contributed by atoms with Crippen molar-refractivity contribution < 1.29 is 4.39 Å². The third-order valence-corrected chi connectivity index (χ3v) is 1.35. The summed E-state index contributed by atoms with van der Waals surface area (Å²) in [5.74, 6) is -0.793. The van der Waals surface area contributed by atoms with Gasteiger partial charge in [-0.3, -0.25) is 0 Å². The summed E-state index contributed by atoms with van der Waals surface area (Å²) in [7, 11) is 0. The van der Waals surface area contributed by atoms with Crippen LogP contribution in [0.2, 0.25) is 0 Å². The molecule has 1 aromatic heterocycles. The smallest absolute Gasteiger partial charge is 0.235 e. The minimum atomic E-state index is -0.793. The van der Waals surface area contributed by atoms with E-state index in [9.17, 15) is 9.60 Å². The van der Waals surface area contributed by atoms with Crippen LogP contribution in [0.25, 0.3) is 0 Å². The van der Waals surface area contributed by atoms with E-state index in [1.165, 1.54) is 17.7 Å². The van der Waals surface area contributed by atoms with Gasteiger partial charge in [0.1, 0.15) is 0 Å². The first kappa shape index (κ1) is 7.43. The van der Waals surface area contributed by atoms with Crippen LogP contribution < -0.4 is 5.48 Å². The summed E-state index contributed by atoms with van der Waals surface area (Å²) >= 11 is 3.03. The first-order valence-corrected chi connectivity index (χ1v) is 3.22. The number of pyridine rings is 1. The fourth-order valence-corrected chi connectivity index (χ4v) is 0.825. The van der Waals surface area contributed by atoms with Crippen molar-refractivity contribution in [3.05, 3.63) is 27.9 Å². The molecule has 0 saturated heterocycles. The highest BCUT2D eigenvalue weighted by Gasteiger charge is 1.98. The van der Waals surface area contributed by atoms with Crippen LogP contribution in [-0.4, -0.2) is 4.98 Å². The van der Waals surface area contributed by atoms with E-state index in [0.717, 1.165) is 0 Å². The highest BCUT2D eigenvalue weighted by atomic mass is 79.9. The number of hydrogen-bond acceptors (Lipinski definition) is 3. The van der Waals surface area contributed by atoms with Crippen LogP contribution >= 0.6 is 15.9 Å². The normalized spacial score (nSPS) is 9.50. The number of rotatable bonds is 1. The van der Waals surface area contributed by atoms with Gasteiger partial charge in [0.25, 0.3) is 0 Å². The molecule has 1 aromatic rings. The maximum absolute atomic E-state index is 12.4. The highest BCUT2D eigenvalue weighted by molar-refractivity contribution is 9.10. The second-order valence-corrected chi connectivity index (χ2v) is 2.51. The highest BCUT2D eigenvalue weighted by Crippen LogP contribution is 2.16. The molecule has 10 heavy (non-hydrogen) atoms. The van der Waals surface area contributed by atoms with Crippen molar-refractivity contribution in [2.75, 3.05) is 5.48 Å². The summed E-state index contributed by atoms with van der Waals surface area (Å²) in [6.07, 6.45) is 1.27. The summed E-state index contributed by atoms with van der Waals surface area (Å²) in [6.45, 7) is 0. The van der Waals surface area contributed by atoms with Crippen LogP contribution in [0.15, 0.2) is 16.7 Å². The summed E-state index contributed by atoms with van der Waals surface area (Å²) < 4.78 is 12.9. The molecule has 0 aliphatic carbocycles. The summed E-state index contributed by atoms with van der Waals surface area (Å²) in [5, 5.41) is 9.95. The topological polar surface area (TPSA) is 48.0 Å². The van der Waals surface area contributed by atoms with Gasteiger partial charge in [-0.05, 0) is 22.0 Å². The zero-order valence-corrected chi connectivity index (χ0v) is 6.35. The molecule has 0 aromatic carbocycles. The van der Waals surface area contributed by atoms with Crippen LogP contribution in [0.1, 0.15) is 0 Å². The van der Waals surface area contributed by atoms with E-state index >= 15 is 0 Å². The number of hydrogen-bond donors (Lipinski definition) is 1. The first-order chi connectivity index (χ1) is 4.74. The lowest BCUT2D eigenvalue weighted by molar-refractivity contribution is 0.587. The monoisotopic (exact) mass is 205 g/mol. The average molecular weight is 206 g/mol. The van der Waals surface area contributed by atoms with Gasteiger partial charge in [0.15, 0.2) is 0 Å². The second kappa shape index (κ2) is 2.94. The van der Waals surface area contributed by atoms with Gasteiger partial charge in [-0.1, -0.05) is 0 Å². The molecular weight excluding hydrogens is 203 g/mol. The van der Waals surface area contributed by atoms with Crippen LogP contribution in [0.4, 0.5) is 10.1 Å². The Labute approximate surface area is 65.0 Å². The standard InChI is InChI=1S/C5H3BrFN2O/c6-3-1-4(9-10)5(7)8-2-3/h1-2,9H/q-1. The van der Waals surface area contributed by atoms with Crippen molar-refractivity contribution in [1.29, 1.82) is 0 Å². The molecule has 0 spiro atoms. The fourth-order valence-electron chi connectivity index (χ4n) is 0.494. The van der Waals surface area contributed by atoms with Crippen molar-refractivity contribution in [2.45, 2.75) is 0 Å². The van der Waals surface area contributed by atoms with Crippen molar-refractivity contribution in [3.63, 3.8) is 0 Å². The summed E-state index contributed by atoms with van der Waals surface area (Å²) in [5.41, 5.74) is 1.26. The molecule has 54 valence electrons. The van der Waals surface area contributed by atoms with Crippen molar-refractivity contribution in [1.82, 2.24) is 4.98 Å². The van der Waals surface area contributed by atoms with Gasteiger partial charge < -0.3 is 10.7 Å². The third kappa shape index (κ3) is 1.43. The number of aromatic nitrogens is 1. The summed E-state index contributed by atoms with van der Waals surface area (Å²) in [4.78, 5) is 3.27. The van der Waals surface area contributed by atoms with Crippen LogP contribution in [0, 0.1) is 11.2 Å². The van der Waals surface area contributed by atoms with E-state index < -0.39 is 5.95 Å². The maximum atomic E-state index is 12.4. The Hall–Kier alpha value is -0.680. The average Bonchev–Trinajstić information content (AvgIpc) is 1.94. The van der Waals surface area contributed by atoms with Gasteiger partial charge in [-0.2, -0.15) is 4.39 Å². The molecule has 0 aliphatic heterocycles.